The Morgan fingerprint density at radius 3 is 2.61 bits per heavy atom. The molecule has 0 fully saturated rings. The highest BCUT2D eigenvalue weighted by molar-refractivity contribution is 7.89. The first-order chi connectivity index (χ1) is 15.7. The van der Waals surface area contributed by atoms with Crippen LogP contribution in [0.5, 0.6) is 5.75 Å². The molecule has 1 heterocycles. The minimum Gasteiger partial charge on any atom is -0.496 e. The summed E-state index contributed by atoms with van der Waals surface area (Å²) in [5.74, 6) is 1.28. The van der Waals surface area contributed by atoms with Crippen molar-refractivity contribution in [2.24, 2.45) is 5.92 Å². The van der Waals surface area contributed by atoms with Gasteiger partial charge < -0.3 is 10.1 Å². The Bertz CT molecular complexity index is 1360. The van der Waals surface area contributed by atoms with Crippen molar-refractivity contribution in [1.82, 2.24) is 4.72 Å². The van der Waals surface area contributed by atoms with Crippen molar-refractivity contribution in [3.63, 3.8) is 0 Å². The van der Waals surface area contributed by atoms with Gasteiger partial charge in [0, 0.05) is 22.7 Å². The van der Waals surface area contributed by atoms with E-state index in [0.717, 1.165) is 29.0 Å². The Kier molecular flexibility index (Phi) is 5.26. The molecule has 2 aliphatic rings. The number of fused-ring (bicyclic) bond motifs is 4. The second-order valence-corrected chi connectivity index (χ2v) is 11.7. The van der Waals surface area contributed by atoms with Crippen molar-refractivity contribution in [3.8, 4) is 5.75 Å². The van der Waals surface area contributed by atoms with Gasteiger partial charge in [0.2, 0.25) is 10.0 Å². The Labute approximate surface area is 195 Å². The maximum absolute atomic E-state index is 13.0. The van der Waals surface area contributed by atoms with E-state index in [9.17, 15) is 8.42 Å². The standard InChI is InChI=1S/C27H30N2O3S/c1-27(2,3)29-33(30,31)18-13-14-23-22(16-18)20-10-7-11-21(20)26(28-23)25-19-9-6-5-8-17(19)12-15-24(25)32-4/h5-10,12-16,20-21,26,28-29H,11H2,1-4H3. The summed E-state index contributed by atoms with van der Waals surface area (Å²) in [6.07, 6.45) is 5.36. The fraction of sp³-hybridized carbons (Fsp3) is 0.333. The van der Waals surface area contributed by atoms with Crippen LogP contribution in [0.15, 0.2) is 71.6 Å². The molecule has 3 aromatic carbocycles. The first kappa shape index (κ1) is 22.0. The maximum atomic E-state index is 13.0. The van der Waals surface area contributed by atoms with Crippen LogP contribution < -0.4 is 14.8 Å². The van der Waals surface area contributed by atoms with Gasteiger partial charge in [-0.3, -0.25) is 0 Å². The minimum absolute atomic E-state index is 0.0497. The van der Waals surface area contributed by atoms with Crippen LogP contribution in [0.4, 0.5) is 5.69 Å². The summed E-state index contributed by atoms with van der Waals surface area (Å²) in [5, 5.41) is 6.10. The monoisotopic (exact) mass is 462 g/mol. The van der Waals surface area contributed by atoms with Gasteiger partial charge in [-0.2, -0.15) is 0 Å². The fourth-order valence-corrected chi connectivity index (χ4v) is 6.72. The van der Waals surface area contributed by atoms with Crippen molar-refractivity contribution < 1.29 is 13.2 Å². The van der Waals surface area contributed by atoms with Crippen molar-refractivity contribution in [3.05, 3.63) is 77.9 Å². The van der Waals surface area contributed by atoms with E-state index in [-0.39, 0.29) is 17.9 Å². The molecule has 0 amide bonds. The van der Waals surface area contributed by atoms with Gasteiger partial charge in [-0.15, -0.1) is 0 Å². The van der Waals surface area contributed by atoms with Gasteiger partial charge in [-0.1, -0.05) is 42.5 Å². The summed E-state index contributed by atoms with van der Waals surface area (Å²) in [6.45, 7) is 5.55. The van der Waals surface area contributed by atoms with Crippen LogP contribution in [0.25, 0.3) is 10.8 Å². The van der Waals surface area contributed by atoms with E-state index >= 15 is 0 Å². The Balaban J connectivity index is 1.61. The van der Waals surface area contributed by atoms with Crippen LogP contribution >= 0.6 is 0 Å². The molecule has 0 aromatic heterocycles. The molecule has 172 valence electrons. The van der Waals surface area contributed by atoms with Crippen molar-refractivity contribution in [2.45, 2.75) is 49.6 Å². The van der Waals surface area contributed by atoms with Gasteiger partial charge in [0.1, 0.15) is 5.75 Å². The molecule has 33 heavy (non-hydrogen) atoms. The average molecular weight is 463 g/mol. The molecule has 3 atom stereocenters. The molecule has 0 spiro atoms. The van der Waals surface area contributed by atoms with Crippen molar-refractivity contribution in [2.75, 3.05) is 12.4 Å². The molecule has 5 nitrogen and oxygen atoms in total. The van der Waals surface area contributed by atoms with Crippen LogP contribution in [0.3, 0.4) is 0 Å². The zero-order chi connectivity index (χ0) is 23.4. The number of allylic oxidation sites excluding steroid dienone is 2. The maximum Gasteiger partial charge on any atom is 0.241 e. The van der Waals surface area contributed by atoms with E-state index < -0.39 is 15.6 Å². The molecule has 0 saturated heterocycles. The highest BCUT2D eigenvalue weighted by atomic mass is 32.2. The van der Waals surface area contributed by atoms with Crippen LogP contribution in [0.1, 0.15) is 50.3 Å². The molecule has 5 rings (SSSR count). The van der Waals surface area contributed by atoms with E-state index in [0.29, 0.717) is 4.90 Å². The SMILES string of the molecule is COc1ccc2ccccc2c1C1Nc2ccc(S(=O)(=O)NC(C)(C)C)cc2C2C=CCC21. The molecule has 1 aliphatic carbocycles. The lowest BCUT2D eigenvalue weighted by Gasteiger charge is -2.38. The lowest BCUT2D eigenvalue weighted by atomic mass is 9.76. The molecular weight excluding hydrogens is 432 g/mol. The van der Waals surface area contributed by atoms with Gasteiger partial charge in [0.15, 0.2) is 0 Å². The summed E-state index contributed by atoms with van der Waals surface area (Å²) in [6, 6.07) is 18.0. The summed E-state index contributed by atoms with van der Waals surface area (Å²) in [4.78, 5) is 0.304. The number of benzene rings is 3. The smallest absolute Gasteiger partial charge is 0.241 e. The highest BCUT2D eigenvalue weighted by Crippen LogP contribution is 2.52. The second kappa shape index (κ2) is 7.89. The topological polar surface area (TPSA) is 67.4 Å². The molecule has 2 N–H and O–H groups in total. The highest BCUT2D eigenvalue weighted by Gasteiger charge is 2.40. The number of anilines is 1. The van der Waals surface area contributed by atoms with Crippen molar-refractivity contribution in [1.29, 1.82) is 0 Å². The molecule has 0 bridgehead atoms. The van der Waals surface area contributed by atoms with Crippen LogP contribution in [-0.2, 0) is 10.0 Å². The number of nitrogens with one attached hydrogen (secondary N) is 2. The number of hydrogen-bond donors (Lipinski definition) is 2. The Morgan fingerprint density at radius 1 is 1.06 bits per heavy atom. The quantitative estimate of drug-likeness (QED) is 0.484. The lowest BCUT2D eigenvalue weighted by molar-refractivity contribution is 0.383. The Morgan fingerprint density at radius 2 is 1.85 bits per heavy atom. The van der Waals surface area contributed by atoms with Crippen molar-refractivity contribution >= 4 is 26.5 Å². The van der Waals surface area contributed by atoms with Crippen LogP contribution in [0.2, 0.25) is 0 Å². The molecule has 3 unspecified atom stereocenters. The summed E-state index contributed by atoms with van der Waals surface area (Å²) in [5.41, 5.74) is 2.61. The largest absolute Gasteiger partial charge is 0.496 e. The number of sulfonamides is 1. The number of hydrogen-bond acceptors (Lipinski definition) is 4. The molecule has 0 radical (unpaired) electrons. The lowest BCUT2D eigenvalue weighted by Crippen LogP contribution is -2.40. The van der Waals surface area contributed by atoms with E-state index in [2.05, 4.69) is 52.5 Å². The molecular formula is C27H30N2O3S. The minimum atomic E-state index is -3.61. The number of rotatable bonds is 4. The summed E-state index contributed by atoms with van der Waals surface area (Å²) >= 11 is 0. The van der Waals surface area contributed by atoms with Gasteiger partial charge in [0.25, 0.3) is 0 Å². The van der Waals surface area contributed by atoms with Crippen LogP contribution in [-0.4, -0.2) is 21.1 Å². The van der Waals surface area contributed by atoms with Gasteiger partial charge >= 0.3 is 0 Å². The first-order valence-electron chi connectivity index (χ1n) is 11.3. The summed E-state index contributed by atoms with van der Waals surface area (Å²) in [7, 11) is -1.89. The zero-order valence-electron chi connectivity index (χ0n) is 19.4. The molecule has 6 heteroatoms. The van der Waals surface area contributed by atoms with Crippen LogP contribution in [0, 0.1) is 5.92 Å². The van der Waals surface area contributed by atoms with Gasteiger partial charge in [0.05, 0.1) is 18.0 Å². The van der Waals surface area contributed by atoms with E-state index in [1.807, 2.05) is 39.0 Å². The molecule has 0 saturated carbocycles. The van der Waals surface area contributed by atoms with Gasteiger partial charge in [-0.25, -0.2) is 13.1 Å². The third kappa shape index (κ3) is 3.91. The molecule has 1 aliphatic heterocycles. The molecule has 3 aromatic rings. The Hall–Kier alpha value is -2.83. The second-order valence-electron chi connectivity index (χ2n) is 9.98. The average Bonchev–Trinajstić information content (AvgIpc) is 3.26. The third-order valence-corrected chi connectivity index (χ3v) is 8.30. The predicted octanol–water partition coefficient (Wildman–Crippen LogP) is 5.75. The normalized spacial score (nSPS) is 22.0. The van der Waals surface area contributed by atoms with Gasteiger partial charge in [-0.05, 0) is 73.7 Å². The third-order valence-electron chi connectivity index (χ3n) is 6.55. The van der Waals surface area contributed by atoms with E-state index in [4.69, 9.17) is 4.74 Å². The van der Waals surface area contributed by atoms with E-state index in [1.165, 1.54) is 10.8 Å². The fourth-order valence-electron chi connectivity index (χ4n) is 5.26. The number of methoxy groups -OCH3 is 1. The van der Waals surface area contributed by atoms with E-state index in [1.54, 1.807) is 13.2 Å². The summed E-state index contributed by atoms with van der Waals surface area (Å²) < 4.78 is 34.5. The number of ether oxygens (including phenoxy) is 1. The predicted molar refractivity (Wildman–Crippen MR) is 133 cm³/mol. The zero-order valence-corrected chi connectivity index (χ0v) is 20.2. The first-order valence-corrected chi connectivity index (χ1v) is 12.8.